The normalized spacial score (nSPS) is 17.3. The number of nitrogens with one attached hydrogen (secondary N) is 1. The summed E-state index contributed by atoms with van der Waals surface area (Å²) >= 11 is 1.56. The van der Waals surface area contributed by atoms with Crippen molar-refractivity contribution >= 4 is 16.7 Å². The minimum Gasteiger partial charge on any atom is -0.347 e. The van der Waals surface area contributed by atoms with Crippen LogP contribution in [0.4, 0.5) is 5.13 Å². The molecule has 1 aromatic rings. The number of rotatable bonds is 6. The Labute approximate surface area is 114 Å². The Morgan fingerprint density at radius 2 is 2.11 bits per heavy atom. The largest absolute Gasteiger partial charge is 0.347 e. The monoisotopic (exact) mass is 268 g/mol. The van der Waals surface area contributed by atoms with Gasteiger partial charge in [-0.05, 0) is 38.3 Å². The Balaban J connectivity index is 1.81. The summed E-state index contributed by atoms with van der Waals surface area (Å²) in [5, 5.41) is 4.57. The number of piperidine rings is 1. The van der Waals surface area contributed by atoms with Gasteiger partial charge in [0.1, 0.15) is 5.82 Å². The SMILES string of the molecule is CCCc1nsc(N2CCC(CNCC)CC2)n1. The van der Waals surface area contributed by atoms with Crippen molar-refractivity contribution in [3.63, 3.8) is 0 Å². The van der Waals surface area contributed by atoms with Gasteiger partial charge in [-0.1, -0.05) is 13.8 Å². The van der Waals surface area contributed by atoms with E-state index in [4.69, 9.17) is 0 Å². The molecule has 0 spiro atoms. The van der Waals surface area contributed by atoms with Gasteiger partial charge in [-0.15, -0.1) is 0 Å². The smallest absolute Gasteiger partial charge is 0.205 e. The highest BCUT2D eigenvalue weighted by Gasteiger charge is 2.21. The molecule has 0 saturated carbocycles. The van der Waals surface area contributed by atoms with E-state index in [0.29, 0.717) is 0 Å². The molecule has 4 nitrogen and oxygen atoms in total. The number of aryl methyl sites for hydroxylation is 1. The van der Waals surface area contributed by atoms with Crippen molar-refractivity contribution in [3.05, 3.63) is 5.82 Å². The lowest BCUT2D eigenvalue weighted by Crippen LogP contribution is -2.37. The molecule has 2 rings (SSSR count). The second-order valence-corrected chi connectivity index (χ2v) is 5.71. The van der Waals surface area contributed by atoms with Crippen molar-refractivity contribution in [1.29, 1.82) is 0 Å². The van der Waals surface area contributed by atoms with Crippen LogP contribution < -0.4 is 10.2 Å². The van der Waals surface area contributed by atoms with Crippen LogP contribution in [0.25, 0.3) is 0 Å². The van der Waals surface area contributed by atoms with E-state index in [1.54, 1.807) is 11.5 Å². The third-order valence-electron chi connectivity index (χ3n) is 3.50. The molecule has 1 N–H and O–H groups in total. The lowest BCUT2D eigenvalue weighted by Gasteiger charge is -2.31. The van der Waals surface area contributed by atoms with Gasteiger partial charge in [-0.25, -0.2) is 4.98 Å². The third-order valence-corrected chi connectivity index (χ3v) is 4.31. The molecule has 1 fully saturated rings. The number of nitrogens with zero attached hydrogens (tertiary/aromatic N) is 3. The van der Waals surface area contributed by atoms with E-state index in [2.05, 4.69) is 33.4 Å². The van der Waals surface area contributed by atoms with Gasteiger partial charge >= 0.3 is 0 Å². The fraction of sp³-hybridized carbons (Fsp3) is 0.846. The van der Waals surface area contributed by atoms with E-state index in [9.17, 15) is 0 Å². The van der Waals surface area contributed by atoms with Gasteiger partial charge < -0.3 is 10.2 Å². The summed E-state index contributed by atoms with van der Waals surface area (Å²) in [6.45, 7) is 8.87. The maximum absolute atomic E-state index is 4.63. The van der Waals surface area contributed by atoms with E-state index in [1.807, 2.05) is 0 Å². The second kappa shape index (κ2) is 7.04. The molecule has 102 valence electrons. The Kier molecular flexibility index (Phi) is 5.38. The minimum absolute atomic E-state index is 0.837. The quantitative estimate of drug-likeness (QED) is 0.859. The highest BCUT2D eigenvalue weighted by Crippen LogP contribution is 2.24. The Morgan fingerprint density at radius 1 is 1.33 bits per heavy atom. The molecular weight excluding hydrogens is 244 g/mol. The molecule has 0 atom stereocenters. The molecular formula is C13H24N4S. The third kappa shape index (κ3) is 3.65. The van der Waals surface area contributed by atoms with Crippen LogP contribution in [0.1, 0.15) is 38.9 Å². The number of aromatic nitrogens is 2. The van der Waals surface area contributed by atoms with Crippen molar-refractivity contribution in [1.82, 2.24) is 14.7 Å². The van der Waals surface area contributed by atoms with Gasteiger partial charge in [0.25, 0.3) is 0 Å². The van der Waals surface area contributed by atoms with Crippen LogP contribution in [-0.4, -0.2) is 35.5 Å². The predicted molar refractivity (Wildman–Crippen MR) is 77.4 cm³/mol. The molecule has 1 saturated heterocycles. The molecule has 1 aliphatic rings. The van der Waals surface area contributed by atoms with E-state index in [1.165, 1.54) is 19.4 Å². The number of hydrogen-bond acceptors (Lipinski definition) is 5. The lowest BCUT2D eigenvalue weighted by atomic mass is 9.97. The summed E-state index contributed by atoms with van der Waals surface area (Å²) in [7, 11) is 0. The van der Waals surface area contributed by atoms with Crippen LogP contribution in [0.5, 0.6) is 0 Å². The van der Waals surface area contributed by atoms with E-state index < -0.39 is 0 Å². The molecule has 0 radical (unpaired) electrons. The van der Waals surface area contributed by atoms with Crippen molar-refractivity contribution in [3.8, 4) is 0 Å². The van der Waals surface area contributed by atoms with Crippen LogP contribution in [0.2, 0.25) is 0 Å². The van der Waals surface area contributed by atoms with Crippen molar-refractivity contribution < 1.29 is 0 Å². The number of hydrogen-bond donors (Lipinski definition) is 1. The Hall–Kier alpha value is -0.680. The van der Waals surface area contributed by atoms with Gasteiger partial charge in [0.15, 0.2) is 0 Å². The van der Waals surface area contributed by atoms with Gasteiger partial charge in [0.2, 0.25) is 5.13 Å². The first kappa shape index (κ1) is 13.7. The van der Waals surface area contributed by atoms with Crippen LogP contribution in [0.15, 0.2) is 0 Å². The van der Waals surface area contributed by atoms with Crippen LogP contribution in [0.3, 0.4) is 0 Å². The summed E-state index contributed by atoms with van der Waals surface area (Å²) in [5.41, 5.74) is 0. The zero-order chi connectivity index (χ0) is 12.8. The van der Waals surface area contributed by atoms with Gasteiger partial charge in [-0.2, -0.15) is 4.37 Å². The fourth-order valence-corrected chi connectivity index (χ4v) is 3.14. The highest BCUT2D eigenvalue weighted by molar-refractivity contribution is 7.09. The summed E-state index contributed by atoms with van der Waals surface area (Å²) in [6, 6.07) is 0. The molecule has 0 unspecified atom stereocenters. The molecule has 0 amide bonds. The van der Waals surface area contributed by atoms with Crippen LogP contribution in [0, 0.1) is 5.92 Å². The molecule has 2 heterocycles. The number of anilines is 1. The summed E-state index contributed by atoms with van der Waals surface area (Å²) < 4.78 is 4.43. The first-order valence-electron chi connectivity index (χ1n) is 7.11. The van der Waals surface area contributed by atoms with Crippen molar-refractivity contribution in [2.75, 3.05) is 31.1 Å². The maximum atomic E-state index is 4.63. The molecule has 1 aliphatic heterocycles. The summed E-state index contributed by atoms with van der Waals surface area (Å²) in [5.74, 6) is 1.86. The maximum Gasteiger partial charge on any atom is 0.205 e. The first-order valence-corrected chi connectivity index (χ1v) is 7.89. The van der Waals surface area contributed by atoms with Gasteiger partial charge in [0, 0.05) is 31.0 Å². The summed E-state index contributed by atoms with van der Waals surface area (Å²) in [6.07, 6.45) is 4.68. The molecule has 5 heteroatoms. The molecule has 0 aromatic carbocycles. The van der Waals surface area contributed by atoms with Crippen molar-refractivity contribution in [2.24, 2.45) is 5.92 Å². The van der Waals surface area contributed by atoms with E-state index in [-0.39, 0.29) is 0 Å². The molecule has 0 aliphatic carbocycles. The topological polar surface area (TPSA) is 41.1 Å². The summed E-state index contributed by atoms with van der Waals surface area (Å²) in [4.78, 5) is 7.03. The zero-order valence-corrected chi connectivity index (χ0v) is 12.3. The Bertz CT molecular complexity index is 345. The zero-order valence-electron chi connectivity index (χ0n) is 11.5. The van der Waals surface area contributed by atoms with Crippen molar-refractivity contribution in [2.45, 2.75) is 39.5 Å². The van der Waals surface area contributed by atoms with Gasteiger partial charge in [-0.3, -0.25) is 0 Å². The van der Waals surface area contributed by atoms with Crippen LogP contribution >= 0.6 is 11.5 Å². The Morgan fingerprint density at radius 3 is 2.78 bits per heavy atom. The molecule has 0 bridgehead atoms. The minimum atomic E-state index is 0.837. The average molecular weight is 268 g/mol. The second-order valence-electron chi connectivity index (χ2n) is 4.98. The van der Waals surface area contributed by atoms with Crippen LogP contribution in [-0.2, 0) is 6.42 Å². The first-order chi connectivity index (χ1) is 8.83. The highest BCUT2D eigenvalue weighted by atomic mass is 32.1. The van der Waals surface area contributed by atoms with E-state index in [0.717, 1.165) is 49.3 Å². The standard InChI is InChI=1S/C13H24N4S/c1-3-5-12-15-13(18-16-12)17-8-6-11(7-9-17)10-14-4-2/h11,14H,3-10H2,1-2H3. The predicted octanol–water partition coefficient (Wildman–Crippen LogP) is 2.32. The van der Waals surface area contributed by atoms with E-state index >= 15 is 0 Å². The van der Waals surface area contributed by atoms with Gasteiger partial charge in [0.05, 0.1) is 0 Å². The average Bonchev–Trinajstić information content (AvgIpc) is 2.86. The fourth-order valence-electron chi connectivity index (χ4n) is 2.38. The lowest BCUT2D eigenvalue weighted by molar-refractivity contribution is 0.386. The molecule has 18 heavy (non-hydrogen) atoms. The molecule has 1 aromatic heterocycles.